The highest BCUT2D eigenvalue weighted by molar-refractivity contribution is 7.15. The number of halogens is 1. The van der Waals surface area contributed by atoms with Gasteiger partial charge in [0.2, 0.25) is 5.91 Å². The van der Waals surface area contributed by atoms with Crippen LogP contribution in [0.1, 0.15) is 36.3 Å². The van der Waals surface area contributed by atoms with E-state index in [4.69, 9.17) is 11.6 Å². The average molecular weight is 349 g/mol. The number of nitrogens with zero attached hydrogens (tertiary/aromatic N) is 1. The van der Waals surface area contributed by atoms with Crippen molar-refractivity contribution in [1.82, 2.24) is 10.3 Å². The first kappa shape index (κ1) is 16.5. The summed E-state index contributed by atoms with van der Waals surface area (Å²) in [5, 5.41) is 4.82. The number of rotatable bonds is 5. The molecule has 1 fully saturated rings. The van der Waals surface area contributed by atoms with E-state index in [1.165, 1.54) is 17.7 Å². The van der Waals surface area contributed by atoms with Gasteiger partial charge >= 0.3 is 0 Å². The van der Waals surface area contributed by atoms with E-state index >= 15 is 0 Å². The molecule has 3 rings (SSSR count). The predicted octanol–water partition coefficient (Wildman–Crippen LogP) is 4.62. The maximum Gasteiger partial charge on any atom is 0.223 e. The van der Waals surface area contributed by atoms with Crippen molar-refractivity contribution in [3.63, 3.8) is 0 Å². The predicted molar refractivity (Wildman–Crippen MR) is 96.0 cm³/mol. The molecule has 2 aromatic rings. The van der Waals surface area contributed by atoms with Crippen LogP contribution < -0.4 is 5.32 Å². The first-order valence-electron chi connectivity index (χ1n) is 8.13. The fourth-order valence-electron chi connectivity index (χ4n) is 3.01. The Bertz CT molecular complexity index is 675. The summed E-state index contributed by atoms with van der Waals surface area (Å²) in [5.74, 6) is 0.463. The standard InChI is InChI=1S/C18H21ClN2OS/c1-12-16(10-11-20-17(22)13-4-2-3-5-13)23-18(21-12)14-6-8-15(19)9-7-14/h6-9,13H,2-5,10-11H2,1H3,(H,20,22). The smallest absolute Gasteiger partial charge is 0.223 e. The number of hydrogen-bond donors (Lipinski definition) is 1. The number of aryl methyl sites for hydroxylation is 1. The Morgan fingerprint density at radius 3 is 2.70 bits per heavy atom. The van der Waals surface area contributed by atoms with Crippen LogP contribution in [0.3, 0.4) is 0 Å². The molecule has 1 aliphatic rings. The minimum atomic E-state index is 0.225. The van der Waals surface area contributed by atoms with Crippen LogP contribution in [0.2, 0.25) is 5.02 Å². The number of hydrogen-bond acceptors (Lipinski definition) is 3. The third kappa shape index (κ3) is 4.12. The zero-order valence-electron chi connectivity index (χ0n) is 13.3. The molecular weight excluding hydrogens is 328 g/mol. The number of aromatic nitrogens is 1. The van der Waals surface area contributed by atoms with Crippen molar-refractivity contribution >= 4 is 28.8 Å². The molecule has 3 nitrogen and oxygen atoms in total. The van der Waals surface area contributed by atoms with Crippen LogP contribution in [0.5, 0.6) is 0 Å². The maximum atomic E-state index is 12.0. The second-order valence-corrected chi connectivity index (χ2v) is 7.58. The third-order valence-corrected chi connectivity index (χ3v) is 5.88. The van der Waals surface area contributed by atoms with Gasteiger partial charge in [0.05, 0.1) is 5.69 Å². The Hall–Kier alpha value is -1.39. The van der Waals surface area contributed by atoms with Gasteiger partial charge in [0.15, 0.2) is 0 Å². The van der Waals surface area contributed by atoms with Crippen molar-refractivity contribution in [2.75, 3.05) is 6.54 Å². The Morgan fingerprint density at radius 1 is 1.30 bits per heavy atom. The molecule has 1 heterocycles. The Morgan fingerprint density at radius 2 is 2.00 bits per heavy atom. The summed E-state index contributed by atoms with van der Waals surface area (Å²) < 4.78 is 0. The van der Waals surface area contributed by atoms with E-state index in [1.54, 1.807) is 11.3 Å². The monoisotopic (exact) mass is 348 g/mol. The van der Waals surface area contributed by atoms with E-state index in [9.17, 15) is 4.79 Å². The van der Waals surface area contributed by atoms with E-state index < -0.39 is 0 Å². The third-order valence-electron chi connectivity index (χ3n) is 4.36. The molecule has 0 saturated heterocycles. The van der Waals surface area contributed by atoms with Gasteiger partial charge in [0, 0.05) is 34.3 Å². The highest BCUT2D eigenvalue weighted by Crippen LogP contribution is 2.29. The minimum Gasteiger partial charge on any atom is -0.356 e. The molecule has 23 heavy (non-hydrogen) atoms. The van der Waals surface area contributed by atoms with Crippen LogP contribution >= 0.6 is 22.9 Å². The number of benzene rings is 1. The summed E-state index contributed by atoms with van der Waals surface area (Å²) in [7, 11) is 0. The lowest BCUT2D eigenvalue weighted by Gasteiger charge is -2.09. The lowest BCUT2D eigenvalue weighted by atomic mass is 10.1. The SMILES string of the molecule is Cc1nc(-c2ccc(Cl)cc2)sc1CCNC(=O)C1CCCC1. The number of amides is 1. The molecule has 122 valence electrons. The van der Waals surface area contributed by atoms with Gasteiger partial charge in [-0.15, -0.1) is 11.3 Å². The van der Waals surface area contributed by atoms with Crippen molar-refractivity contribution in [3.8, 4) is 10.6 Å². The minimum absolute atomic E-state index is 0.225. The summed E-state index contributed by atoms with van der Waals surface area (Å²) in [5.41, 5.74) is 2.14. The summed E-state index contributed by atoms with van der Waals surface area (Å²) >= 11 is 7.63. The molecule has 1 amide bonds. The maximum absolute atomic E-state index is 12.0. The van der Waals surface area contributed by atoms with Crippen LogP contribution in [0.15, 0.2) is 24.3 Å². The van der Waals surface area contributed by atoms with Gasteiger partial charge in [-0.25, -0.2) is 4.98 Å². The summed E-state index contributed by atoms with van der Waals surface area (Å²) in [6, 6.07) is 7.75. The van der Waals surface area contributed by atoms with E-state index in [1.807, 2.05) is 31.2 Å². The fourth-order valence-corrected chi connectivity index (χ4v) is 4.20. The molecule has 1 aliphatic carbocycles. The van der Waals surface area contributed by atoms with Gasteiger partial charge in [-0.3, -0.25) is 4.79 Å². The molecule has 0 unspecified atom stereocenters. The normalized spacial score (nSPS) is 15.0. The molecule has 1 N–H and O–H groups in total. The Kier molecular flexibility index (Phi) is 5.34. The molecule has 0 radical (unpaired) electrons. The fraction of sp³-hybridized carbons (Fsp3) is 0.444. The summed E-state index contributed by atoms with van der Waals surface area (Å²) in [4.78, 5) is 17.9. The van der Waals surface area contributed by atoms with Gasteiger partial charge in [-0.2, -0.15) is 0 Å². The van der Waals surface area contributed by atoms with Crippen LogP contribution in [0, 0.1) is 12.8 Å². The lowest BCUT2D eigenvalue weighted by molar-refractivity contribution is -0.124. The number of carbonyl (C=O) groups excluding carboxylic acids is 1. The Balaban J connectivity index is 1.58. The molecule has 1 saturated carbocycles. The largest absolute Gasteiger partial charge is 0.356 e. The molecule has 5 heteroatoms. The van der Waals surface area contributed by atoms with Crippen LogP contribution in [0.4, 0.5) is 0 Å². The zero-order chi connectivity index (χ0) is 16.2. The zero-order valence-corrected chi connectivity index (χ0v) is 14.8. The van der Waals surface area contributed by atoms with Crippen molar-refractivity contribution in [2.45, 2.75) is 39.0 Å². The lowest BCUT2D eigenvalue weighted by Crippen LogP contribution is -2.30. The second-order valence-electron chi connectivity index (χ2n) is 6.06. The van der Waals surface area contributed by atoms with Crippen molar-refractivity contribution in [3.05, 3.63) is 39.9 Å². The van der Waals surface area contributed by atoms with Gasteiger partial charge in [0.25, 0.3) is 0 Å². The van der Waals surface area contributed by atoms with E-state index in [0.717, 1.165) is 40.6 Å². The number of thiazole rings is 1. The number of carbonyl (C=O) groups is 1. The quantitative estimate of drug-likeness (QED) is 0.856. The van der Waals surface area contributed by atoms with Gasteiger partial charge < -0.3 is 5.32 Å². The van der Waals surface area contributed by atoms with E-state index in [-0.39, 0.29) is 11.8 Å². The van der Waals surface area contributed by atoms with Crippen molar-refractivity contribution in [2.24, 2.45) is 5.92 Å². The summed E-state index contributed by atoms with van der Waals surface area (Å²) in [6.07, 6.45) is 5.32. The molecule has 0 aliphatic heterocycles. The van der Waals surface area contributed by atoms with Crippen LogP contribution in [-0.2, 0) is 11.2 Å². The summed E-state index contributed by atoms with van der Waals surface area (Å²) in [6.45, 7) is 2.72. The molecule has 0 spiro atoms. The van der Waals surface area contributed by atoms with Crippen molar-refractivity contribution in [1.29, 1.82) is 0 Å². The molecular formula is C18H21ClN2OS. The van der Waals surface area contributed by atoms with Crippen LogP contribution in [-0.4, -0.2) is 17.4 Å². The van der Waals surface area contributed by atoms with Crippen molar-refractivity contribution < 1.29 is 4.79 Å². The molecule has 0 atom stereocenters. The highest BCUT2D eigenvalue weighted by Gasteiger charge is 2.22. The van der Waals surface area contributed by atoms with Gasteiger partial charge in [-0.1, -0.05) is 36.6 Å². The Labute approximate surface area is 146 Å². The van der Waals surface area contributed by atoms with Gasteiger partial charge in [-0.05, 0) is 31.9 Å². The van der Waals surface area contributed by atoms with Crippen LogP contribution in [0.25, 0.3) is 10.6 Å². The topological polar surface area (TPSA) is 42.0 Å². The average Bonchev–Trinajstić information content (AvgIpc) is 3.18. The number of nitrogens with one attached hydrogen (secondary N) is 1. The first-order valence-corrected chi connectivity index (χ1v) is 9.33. The second kappa shape index (κ2) is 7.45. The van der Waals surface area contributed by atoms with E-state index in [2.05, 4.69) is 10.3 Å². The van der Waals surface area contributed by atoms with Gasteiger partial charge in [0.1, 0.15) is 5.01 Å². The molecule has 0 bridgehead atoms. The van der Waals surface area contributed by atoms with E-state index in [0.29, 0.717) is 6.54 Å². The highest BCUT2D eigenvalue weighted by atomic mass is 35.5. The first-order chi connectivity index (χ1) is 11.1. The molecule has 1 aromatic heterocycles. The molecule has 1 aromatic carbocycles.